The van der Waals surface area contributed by atoms with E-state index in [0.717, 1.165) is 28.2 Å². The number of ketones is 1. The number of rotatable bonds is 4. The number of hydrogen-bond acceptors (Lipinski definition) is 3. The molecule has 3 rings (SSSR count). The molecule has 25 heavy (non-hydrogen) atoms. The van der Waals surface area contributed by atoms with Gasteiger partial charge in [0.2, 0.25) is 0 Å². The zero-order valence-corrected chi connectivity index (χ0v) is 14.7. The van der Waals surface area contributed by atoms with Gasteiger partial charge in [-0.3, -0.25) is 4.79 Å². The fourth-order valence-corrected chi connectivity index (χ4v) is 2.36. The van der Waals surface area contributed by atoms with Crippen molar-refractivity contribution in [3.8, 4) is 11.5 Å². The van der Waals surface area contributed by atoms with Crippen molar-refractivity contribution in [2.24, 2.45) is 0 Å². The first kappa shape index (κ1) is 18.3. The van der Waals surface area contributed by atoms with E-state index in [1.54, 1.807) is 14.2 Å². The van der Waals surface area contributed by atoms with E-state index >= 15 is 0 Å². The van der Waals surface area contributed by atoms with Gasteiger partial charge < -0.3 is 9.47 Å². The molecule has 0 aliphatic carbocycles. The van der Waals surface area contributed by atoms with Gasteiger partial charge in [-0.1, -0.05) is 66.7 Å². The van der Waals surface area contributed by atoms with Crippen LogP contribution in [0.25, 0.3) is 0 Å². The molecule has 0 bridgehead atoms. The number of hydrogen-bond donors (Lipinski definition) is 0. The molecule has 3 heteroatoms. The average molecular weight is 334 g/mol. The number of aryl methyl sites for hydroxylation is 1. The number of ether oxygens (including phenoxy) is 2. The summed E-state index contributed by atoms with van der Waals surface area (Å²) in [7, 11) is 3.25. The highest BCUT2D eigenvalue weighted by Gasteiger charge is 2.09. The van der Waals surface area contributed by atoms with Crippen LogP contribution in [-0.4, -0.2) is 20.0 Å². The summed E-state index contributed by atoms with van der Waals surface area (Å²) in [6, 6.07) is 24.5. The summed E-state index contributed by atoms with van der Waals surface area (Å²) in [5, 5.41) is 0. The summed E-state index contributed by atoms with van der Waals surface area (Å²) in [6.07, 6.45) is 0. The van der Waals surface area contributed by atoms with Crippen LogP contribution < -0.4 is 9.47 Å². The molecular weight excluding hydrogens is 312 g/mol. The van der Waals surface area contributed by atoms with E-state index in [2.05, 4.69) is 0 Å². The van der Waals surface area contributed by atoms with Crippen molar-refractivity contribution >= 4 is 5.78 Å². The van der Waals surface area contributed by atoms with Crippen molar-refractivity contribution in [3.63, 3.8) is 0 Å². The zero-order valence-electron chi connectivity index (χ0n) is 14.7. The number of methoxy groups -OCH3 is 2. The smallest absolute Gasteiger partial charge is 0.193 e. The first-order valence-corrected chi connectivity index (χ1v) is 7.99. The van der Waals surface area contributed by atoms with Gasteiger partial charge in [0.25, 0.3) is 0 Å². The third-order valence-electron chi connectivity index (χ3n) is 3.71. The van der Waals surface area contributed by atoms with Gasteiger partial charge in [0, 0.05) is 11.1 Å². The maximum absolute atomic E-state index is 12.1. The molecule has 0 aromatic heterocycles. The van der Waals surface area contributed by atoms with Gasteiger partial charge in [0.15, 0.2) is 17.3 Å². The summed E-state index contributed by atoms with van der Waals surface area (Å²) >= 11 is 0. The fraction of sp³-hybridized carbons (Fsp3) is 0.136. The minimum atomic E-state index is 0.0914. The lowest BCUT2D eigenvalue weighted by molar-refractivity contribution is 0.103. The molecule has 0 aliphatic rings. The Morgan fingerprint density at radius 3 is 1.68 bits per heavy atom. The second-order valence-corrected chi connectivity index (χ2v) is 5.37. The predicted octanol–water partition coefficient (Wildman–Crippen LogP) is 4.93. The van der Waals surface area contributed by atoms with Crippen molar-refractivity contribution in [2.75, 3.05) is 14.2 Å². The average Bonchev–Trinajstić information content (AvgIpc) is 2.69. The maximum Gasteiger partial charge on any atom is 0.193 e. The summed E-state index contributed by atoms with van der Waals surface area (Å²) in [5.41, 5.74) is 2.54. The Bertz CT molecular complexity index is 787. The molecule has 0 amide bonds. The molecule has 0 heterocycles. The molecule has 0 fully saturated rings. The quantitative estimate of drug-likeness (QED) is 0.635. The molecular formula is C22H22O3. The van der Waals surface area contributed by atoms with Crippen LogP contribution in [0.3, 0.4) is 0 Å². The fourth-order valence-electron chi connectivity index (χ4n) is 2.36. The van der Waals surface area contributed by atoms with Crippen LogP contribution >= 0.6 is 0 Å². The van der Waals surface area contributed by atoms with Gasteiger partial charge in [0.05, 0.1) is 14.2 Å². The van der Waals surface area contributed by atoms with Crippen LogP contribution in [0.2, 0.25) is 0 Å². The van der Waals surface area contributed by atoms with Crippen LogP contribution in [0.15, 0.2) is 78.9 Å². The second kappa shape index (κ2) is 9.28. The van der Waals surface area contributed by atoms with E-state index in [1.165, 1.54) is 0 Å². The van der Waals surface area contributed by atoms with Gasteiger partial charge in [-0.05, 0) is 24.6 Å². The predicted molar refractivity (Wildman–Crippen MR) is 101 cm³/mol. The van der Waals surface area contributed by atoms with Crippen LogP contribution in [-0.2, 0) is 0 Å². The lowest BCUT2D eigenvalue weighted by Crippen LogP contribution is -2.02. The Kier molecular flexibility index (Phi) is 6.78. The van der Waals surface area contributed by atoms with E-state index in [9.17, 15) is 4.79 Å². The standard InChI is InChI=1S/C14H12O.C8H10O2/c1-11-7-5-6-10-13(11)14(15)12-8-3-2-4-9-12;1-9-7-5-3-4-6-8(7)10-2/h2-10H,1H3;3-6H,1-2H3. The molecule has 128 valence electrons. The number of benzene rings is 3. The van der Waals surface area contributed by atoms with E-state index in [-0.39, 0.29) is 5.78 Å². The van der Waals surface area contributed by atoms with Crippen LogP contribution in [0.1, 0.15) is 21.5 Å². The third kappa shape index (κ3) is 4.95. The van der Waals surface area contributed by atoms with Gasteiger partial charge >= 0.3 is 0 Å². The summed E-state index contributed by atoms with van der Waals surface area (Å²) in [6.45, 7) is 1.95. The minimum absolute atomic E-state index is 0.0914. The molecule has 3 nitrogen and oxygen atoms in total. The number of carbonyl (C=O) groups excluding carboxylic acids is 1. The maximum atomic E-state index is 12.1. The minimum Gasteiger partial charge on any atom is -0.493 e. The van der Waals surface area contributed by atoms with Gasteiger partial charge in [-0.15, -0.1) is 0 Å². The Labute approximate surface area is 148 Å². The van der Waals surface area contributed by atoms with Gasteiger partial charge in [0.1, 0.15) is 0 Å². The monoisotopic (exact) mass is 334 g/mol. The normalized spacial score (nSPS) is 9.56. The molecule has 0 atom stereocenters. The Morgan fingerprint density at radius 1 is 0.680 bits per heavy atom. The lowest BCUT2D eigenvalue weighted by Gasteiger charge is -2.04. The van der Waals surface area contributed by atoms with Crippen LogP contribution in [0.5, 0.6) is 11.5 Å². The van der Waals surface area contributed by atoms with Crippen molar-refractivity contribution in [3.05, 3.63) is 95.6 Å². The second-order valence-electron chi connectivity index (χ2n) is 5.37. The Balaban J connectivity index is 0.000000196. The summed E-state index contributed by atoms with van der Waals surface area (Å²) in [5.74, 6) is 1.63. The Morgan fingerprint density at radius 2 is 1.16 bits per heavy atom. The van der Waals surface area contributed by atoms with E-state index in [1.807, 2.05) is 85.8 Å². The molecule has 0 saturated carbocycles. The van der Waals surface area contributed by atoms with E-state index in [4.69, 9.17) is 9.47 Å². The van der Waals surface area contributed by atoms with Crippen LogP contribution in [0.4, 0.5) is 0 Å². The molecule has 3 aromatic rings. The highest BCUT2D eigenvalue weighted by Crippen LogP contribution is 2.24. The molecule has 0 N–H and O–H groups in total. The van der Waals surface area contributed by atoms with Gasteiger partial charge in [-0.25, -0.2) is 0 Å². The molecule has 0 spiro atoms. The lowest BCUT2D eigenvalue weighted by atomic mass is 9.99. The summed E-state index contributed by atoms with van der Waals surface area (Å²) < 4.78 is 10.0. The zero-order chi connectivity index (χ0) is 18.1. The van der Waals surface area contributed by atoms with Crippen molar-refractivity contribution < 1.29 is 14.3 Å². The highest BCUT2D eigenvalue weighted by atomic mass is 16.5. The van der Waals surface area contributed by atoms with Crippen LogP contribution in [0, 0.1) is 6.92 Å². The molecule has 0 aliphatic heterocycles. The van der Waals surface area contributed by atoms with E-state index < -0.39 is 0 Å². The van der Waals surface area contributed by atoms with E-state index in [0.29, 0.717) is 0 Å². The van der Waals surface area contributed by atoms with Gasteiger partial charge in [-0.2, -0.15) is 0 Å². The third-order valence-corrected chi connectivity index (χ3v) is 3.71. The first-order valence-electron chi connectivity index (χ1n) is 7.99. The number of carbonyl (C=O) groups is 1. The number of para-hydroxylation sites is 2. The summed E-state index contributed by atoms with van der Waals surface area (Å²) in [4.78, 5) is 12.1. The first-order chi connectivity index (χ1) is 12.2. The topological polar surface area (TPSA) is 35.5 Å². The molecule has 0 radical (unpaired) electrons. The highest BCUT2D eigenvalue weighted by molar-refractivity contribution is 6.09. The van der Waals surface area contributed by atoms with Crippen molar-refractivity contribution in [2.45, 2.75) is 6.92 Å². The SMILES string of the molecule is COc1ccccc1OC.Cc1ccccc1C(=O)c1ccccc1. The molecule has 0 saturated heterocycles. The molecule has 0 unspecified atom stereocenters. The van der Waals surface area contributed by atoms with Crippen molar-refractivity contribution in [1.82, 2.24) is 0 Å². The molecule has 3 aromatic carbocycles. The van der Waals surface area contributed by atoms with Crippen molar-refractivity contribution in [1.29, 1.82) is 0 Å². The largest absolute Gasteiger partial charge is 0.493 e. The Hall–Kier alpha value is -3.07.